The third-order valence-electron chi connectivity index (χ3n) is 2.69. The van der Waals surface area contributed by atoms with Crippen LogP contribution in [0.25, 0.3) is 21.8 Å². The minimum absolute atomic E-state index is 0.209. The Bertz CT molecular complexity index is 738. The van der Waals surface area contributed by atoms with E-state index in [0.717, 1.165) is 16.3 Å². The molecule has 0 aliphatic rings. The molecule has 0 bridgehead atoms. The summed E-state index contributed by atoms with van der Waals surface area (Å²) in [6.07, 6.45) is 3.28. The first-order valence-corrected chi connectivity index (χ1v) is 5.13. The molecular formula is C13H8N2O2. The first kappa shape index (κ1) is 9.72. The Kier molecular flexibility index (Phi) is 2.01. The van der Waals surface area contributed by atoms with Crippen LogP contribution < -0.4 is 0 Å². The summed E-state index contributed by atoms with van der Waals surface area (Å²) in [6, 6.07) is 8.86. The zero-order valence-electron chi connectivity index (χ0n) is 8.79. The second-order valence-electron chi connectivity index (χ2n) is 3.70. The number of carbonyl (C=O) groups is 1. The van der Waals surface area contributed by atoms with E-state index in [1.807, 2.05) is 12.1 Å². The highest BCUT2D eigenvalue weighted by atomic mass is 16.4. The van der Waals surface area contributed by atoms with Gasteiger partial charge >= 0.3 is 5.97 Å². The summed E-state index contributed by atoms with van der Waals surface area (Å²) in [4.78, 5) is 19.6. The normalized spacial score (nSPS) is 10.8. The smallest absolute Gasteiger partial charge is 0.337 e. The molecule has 82 valence electrons. The van der Waals surface area contributed by atoms with Crippen LogP contribution in [0.3, 0.4) is 0 Å². The number of rotatable bonds is 1. The van der Waals surface area contributed by atoms with E-state index < -0.39 is 5.97 Å². The Morgan fingerprint density at radius 1 is 1.06 bits per heavy atom. The van der Waals surface area contributed by atoms with E-state index in [2.05, 4.69) is 9.97 Å². The first-order valence-electron chi connectivity index (χ1n) is 5.13. The number of aromatic carboxylic acids is 1. The minimum atomic E-state index is -0.973. The maximum absolute atomic E-state index is 11.2. The van der Waals surface area contributed by atoms with Gasteiger partial charge in [-0.15, -0.1) is 0 Å². The van der Waals surface area contributed by atoms with Gasteiger partial charge in [0.15, 0.2) is 0 Å². The number of hydrogen-bond donors (Lipinski definition) is 1. The molecule has 0 amide bonds. The van der Waals surface area contributed by atoms with Crippen LogP contribution in [0.1, 0.15) is 10.4 Å². The van der Waals surface area contributed by atoms with Crippen molar-refractivity contribution in [1.82, 2.24) is 9.97 Å². The van der Waals surface area contributed by atoms with Crippen molar-refractivity contribution in [2.75, 3.05) is 0 Å². The van der Waals surface area contributed by atoms with E-state index in [1.165, 1.54) is 0 Å². The predicted molar refractivity (Wildman–Crippen MR) is 64.0 cm³/mol. The Morgan fingerprint density at radius 2 is 1.76 bits per heavy atom. The monoisotopic (exact) mass is 224 g/mol. The van der Waals surface area contributed by atoms with Gasteiger partial charge < -0.3 is 5.11 Å². The average Bonchev–Trinajstić information content (AvgIpc) is 2.37. The molecule has 3 rings (SSSR count). The summed E-state index contributed by atoms with van der Waals surface area (Å²) < 4.78 is 0. The Hall–Kier alpha value is -2.49. The molecular weight excluding hydrogens is 216 g/mol. The third kappa shape index (κ3) is 1.42. The van der Waals surface area contributed by atoms with Gasteiger partial charge in [-0.1, -0.05) is 6.07 Å². The lowest BCUT2D eigenvalue weighted by molar-refractivity contribution is 0.0699. The number of hydrogen-bond acceptors (Lipinski definition) is 3. The maximum atomic E-state index is 11.2. The van der Waals surface area contributed by atoms with Gasteiger partial charge in [0.2, 0.25) is 0 Å². The van der Waals surface area contributed by atoms with Crippen LogP contribution in [0.2, 0.25) is 0 Å². The van der Waals surface area contributed by atoms with E-state index in [-0.39, 0.29) is 5.56 Å². The lowest BCUT2D eigenvalue weighted by atomic mass is 10.0. The number of fused-ring (bicyclic) bond motifs is 3. The van der Waals surface area contributed by atoms with E-state index >= 15 is 0 Å². The Labute approximate surface area is 96.6 Å². The summed E-state index contributed by atoms with van der Waals surface area (Å²) in [7, 11) is 0. The standard InChI is InChI=1S/C13H8N2O2/c16-13(17)10-7-8-3-1-5-14-11(8)9-4-2-6-15-12(9)10/h1-7H,(H,16,17). The molecule has 1 N–H and O–H groups in total. The van der Waals surface area contributed by atoms with Crippen LogP contribution in [-0.4, -0.2) is 21.0 Å². The fourth-order valence-electron chi connectivity index (χ4n) is 1.96. The lowest BCUT2D eigenvalue weighted by Gasteiger charge is -2.05. The van der Waals surface area contributed by atoms with Gasteiger partial charge in [0.05, 0.1) is 16.6 Å². The van der Waals surface area contributed by atoms with Crippen molar-refractivity contribution >= 4 is 27.8 Å². The summed E-state index contributed by atoms with van der Waals surface area (Å²) >= 11 is 0. The molecule has 0 atom stereocenters. The van der Waals surface area contributed by atoms with Crippen molar-refractivity contribution in [1.29, 1.82) is 0 Å². The molecule has 1 aromatic carbocycles. The summed E-state index contributed by atoms with van der Waals surface area (Å²) in [6.45, 7) is 0. The molecule has 2 aromatic heterocycles. The largest absolute Gasteiger partial charge is 0.478 e. The van der Waals surface area contributed by atoms with Crippen molar-refractivity contribution in [3.8, 4) is 0 Å². The van der Waals surface area contributed by atoms with E-state index in [4.69, 9.17) is 0 Å². The number of nitrogens with zero attached hydrogens (tertiary/aromatic N) is 2. The molecule has 2 heterocycles. The highest BCUT2D eigenvalue weighted by Gasteiger charge is 2.12. The van der Waals surface area contributed by atoms with Crippen molar-refractivity contribution in [2.45, 2.75) is 0 Å². The second-order valence-corrected chi connectivity index (χ2v) is 3.70. The van der Waals surface area contributed by atoms with E-state index in [9.17, 15) is 9.90 Å². The minimum Gasteiger partial charge on any atom is -0.478 e. The summed E-state index contributed by atoms with van der Waals surface area (Å²) in [5.74, 6) is -0.973. The maximum Gasteiger partial charge on any atom is 0.337 e. The zero-order chi connectivity index (χ0) is 11.8. The van der Waals surface area contributed by atoms with Crippen LogP contribution in [-0.2, 0) is 0 Å². The molecule has 0 fully saturated rings. The lowest BCUT2D eigenvalue weighted by Crippen LogP contribution is -1.99. The SMILES string of the molecule is O=C(O)c1cc2cccnc2c2cccnc12. The van der Waals surface area contributed by atoms with Gasteiger partial charge in [0, 0.05) is 23.2 Å². The molecule has 0 aliphatic heterocycles. The molecule has 0 spiro atoms. The van der Waals surface area contributed by atoms with Crippen molar-refractivity contribution in [2.24, 2.45) is 0 Å². The number of carboxylic acid groups (broad SMARTS) is 1. The predicted octanol–water partition coefficient (Wildman–Crippen LogP) is 2.48. The van der Waals surface area contributed by atoms with E-state index in [1.54, 1.807) is 30.6 Å². The molecule has 0 saturated carbocycles. The quantitative estimate of drug-likeness (QED) is 0.645. The van der Waals surface area contributed by atoms with Crippen molar-refractivity contribution in [3.63, 3.8) is 0 Å². The van der Waals surface area contributed by atoms with Crippen LogP contribution >= 0.6 is 0 Å². The van der Waals surface area contributed by atoms with Crippen LogP contribution in [0, 0.1) is 0 Å². The van der Waals surface area contributed by atoms with Gasteiger partial charge in [0.1, 0.15) is 0 Å². The molecule has 0 saturated heterocycles. The van der Waals surface area contributed by atoms with Gasteiger partial charge in [-0.3, -0.25) is 9.97 Å². The molecule has 0 aliphatic carbocycles. The fraction of sp³-hybridized carbons (Fsp3) is 0. The second kappa shape index (κ2) is 3.52. The van der Waals surface area contributed by atoms with Crippen LogP contribution in [0.15, 0.2) is 42.7 Å². The van der Waals surface area contributed by atoms with Gasteiger partial charge in [-0.25, -0.2) is 4.79 Å². The summed E-state index contributed by atoms with van der Waals surface area (Å²) in [5.41, 5.74) is 1.47. The molecule has 4 heteroatoms. The average molecular weight is 224 g/mol. The highest BCUT2D eigenvalue weighted by molar-refractivity contribution is 6.12. The fourth-order valence-corrected chi connectivity index (χ4v) is 1.96. The highest BCUT2D eigenvalue weighted by Crippen LogP contribution is 2.25. The third-order valence-corrected chi connectivity index (χ3v) is 2.69. The first-order chi connectivity index (χ1) is 8.27. The van der Waals surface area contributed by atoms with Gasteiger partial charge in [0.25, 0.3) is 0 Å². The van der Waals surface area contributed by atoms with Crippen molar-refractivity contribution in [3.05, 3.63) is 48.3 Å². The molecule has 3 aromatic rings. The van der Waals surface area contributed by atoms with Gasteiger partial charge in [-0.05, 0) is 24.3 Å². The Balaban J connectivity index is 2.59. The molecule has 0 radical (unpaired) electrons. The van der Waals surface area contributed by atoms with Crippen LogP contribution in [0.5, 0.6) is 0 Å². The Morgan fingerprint density at radius 3 is 2.53 bits per heavy atom. The number of benzene rings is 1. The van der Waals surface area contributed by atoms with Gasteiger partial charge in [-0.2, -0.15) is 0 Å². The molecule has 4 nitrogen and oxygen atoms in total. The van der Waals surface area contributed by atoms with E-state index in [0.29, 0.717) is 5.52 Å². The summed E-state index contributed by atoms with van der Waals surface area (Å²) in [5, 5.41) is 10.8. The molecule has 17 heavy (non-hydrogen) atoms. The number of aromatic nitrogens is 2. The number of pyridine rings is 2. The topological polar surface area (TPSA) is 63.1 Å². The number of carboxylic acids is 1. The van der Waals surface area contributed by atoms with Crippen molar-refractivity contribution < 1.29 is 9.90 Å². The zero-order valence-corrected chi connectivity index (χ0v) is 8.79. The van der Waals surface area contributed by atoms with Crippen LogP contribution in [0.4, 0.5) is 0 Å². The molecule has 0 unspecified atom stereocenters.